The molecule has 0 unspecified atom stereocenters. The summed E-state index contributed by atoms with van der Waals surface area (Å²) in [6.07, 6.45) is 0. The van der Waals surface area contributed by atoms with Crippen LogP contribution in [-0.4, -0.2) is 19.9 Å². The van der Waals surface area contributed by atoms with Crippen molar-refractivity contribution in [2.24, 2.45) is 0 Å². The van der Waals surface area contributed by atoms with Gasteiger partial charge in [0.1, 0.15) is 11.2 Å². The minimum absolute atomic E-state index is 0.648. The predicted octanol–water partition coefficient (Wildman–Crippen LogP) is 12.8. The molecule has 0 saturated carbocycles. The molecule has 0 aliphatic carbocycles. The van der Waals surface area contributed by atoms with Crippen LogP contribution in [0, 0.1) is 0 Å². The molecule has 3 heterocycles. The summed E-state index contributed by atoms with van der Waals surface area (Å²) in [7, 11) is 0. The molecule has 0 amide bonds. The van der Waals surface area contributed by atoms with Crippen LogP contribution in [0.15, 0.2) is 199 Å². The highest BCUT2D eigenvalue weighted by Crippen LogP contribution is 2.42. The van der Waals surface area contributed by atoms with Crippen LogP contribution < -0.4 is 0 Å². The number of para-hydroxylation sites is 2. The van der Waals surface area contributed by atoms with Crippen LogP contribution in [0.4, 0.5) is 0 Å². The summed E-state index contributed by atoms with van der Waals surface area (Å²) in [5.41, 5.74) is 12.7. The number of furan rings is 1. The molecule has 7 aromatic carbocycles. The Hall–Kier alpha value is -7.50. The van der Waals surface area contributed by atoms with Crippen molar-refractivity contribution in [2.75, 3.05) is 0 Å². The van der Waals surface area contributed by atoms with Gasteiger partial charge in [-0.1, -0.05) is 170 Å². The summed E-state index contributed by atoms with van der Waals surface area (Å²) < 4.78 is 6.61. The van der Waals surface area contributed by atoms with Crippen molar-refractivity contribution in [3.8, 4) is 78.9 Å². The first-order valence-electron chi connectivity index (χ1n) is 18.3. The lowest BCUT2D eigenvalue weighted by atomic mass is 9.92. The average Bonchev–Trinajstić information content (AvgIpc) is 3.66. The van der Waals surface area contributed by atoms with Crippen LogP contribution in [0.5, 0.6) is 0 Å². The minimum atomic E-state index is 0.648. The molecule has 0 aliphatic rings. The van der Waals surface area contributed by atoms with Gasteiger partial charge in [0.25, 0.3) is 0 Å². The summed E-state index contributed by atoms with van der Waals surface area (Å²) >= 11 is 0. The second-order valence-corrected chi connectivity index (χ2v) is 13.4. The van der Waals surface area contributed by atoms with E-state index in [4.69, 9.17) is 24.4 Å². The predicted molar refractivity (Wildman–Crippen MR) is 223 cm³/mol. The Morgan fingerprint density at radius 2 is 0.764 bits per heavy atom. The first-order valence-corrected chi connectivity index (χ1v) is 18.3. The molecule has 0 bridgehead atoms. The third kappa shape index (κ3) is 6.14. The van der Waals surface area contributed by atoms with Crippen LogP contribution in [0.1, 0.15) is 0 Å². The minimum Gasteiger partial charge on any atom is -0.455 e. The molecule has 55 heavy (non-hydrogen) atoms. The molecule has 3 aromatic heterocycles. The zero-order chi connectivity index (χ0) is 36.6. The first-order chi connectivity index (χ1) is 27.2. The second-order valence-electron chi connectivity index (χ2n) is 13.4. The van der Waals surface area contributed by atoms with Gasteiger partial charge in [-0.3, -0.25) is 0 Å². The Balaban J connectivity index is 1.25. The Kier molecular flexibility index (Phi) is 8.08. The summed E-state index contributed by atoms with van der Waals surface area (Å²) in [5.74, 6) is 1.31. The lowest BCUT2D eigenvalue weighted by Gasteiger charge is -2.16. The summed E-state index contributed by atoms with van der Waals surface area (Å²) in [6.45, 7) is 0. The highest BCUT2D eigenvalue weighted by Gasteiger charge is 2.20. The second kappa shape index (κ2) is 13.8. The molecule has 0 aliphatic heterocycles. The van der Waals surface area contributed by atoms with Crippen molar-refractivity contribution in [2.45, 2.75) is 0 Å². The molecular formula is C50H32N4O. The summed E-state index contributed by atoms with van der Waals surface area (Å²) in [5, 5.41) is 2.15. The fourth-order valence-corrected chi connectivity index (χ4v) is 7.24. The number of fused-ring (bicyclic) bond motifs is 3. The molecule has 10 rings (SSSR count). The van der Waals surface area contributed by atoms with Crippen molar-refractivity contribution in [3.05, 3.63) is 194 Å². The van der Waals surface area contributed by atoms with Gasteiger partial charge in [-0.2, -0.15) is 0 Å². The normalized spacial score (nSPS) is 11.3. The van der Waals surface area contributed by atoms with E-state index in [1.165, 1.54) is 0 Å². The molecular weight excluding hydrogens is 673 g/mol. The molecule has 258 valence electrons. The van der Waals surface area contributed by atoms with Gasteiger partial charge in [0.05, 0.1) is 22.8 Å². The molecule has 10 aromatic rings. The van der Waals surface area contributed by atoms with Gasteiger partial charge in [-0.15, -0.1) is 0 Å². The maximum atomic E-state index is 6.61. The topological polar surface area (TPSA) is 64.7 Å². The molecule has 0 fully saturated rings. The lowest BCUT2D eigenvalue weighted by Crippen LogP contribution is -1.99. The molecule has 5 heteroatoms. The van der Waals surface area contributed by atoms with Crippen molar-refractivity contribution < 1.29 is 4.42 Å². The smallest absolute Gasteiger partial charge is 0.160 e. The monoisotopic (exact) mass is 704 g/mol. The van der Waals surface area contributed by atoms with Gasteiger partial charge in [0, 0.05) is 49.7 Å². The van der Waals surface area contributed by atoms with Gasteiger partial charge in [0.15, 0.2) is 11.6 Å². The fourth-order valence-electron chi connectivity index (χ4n) is 7.24. The molecule has 5 nitrogen and oxygen atoms in total. The van der Waals surface area contributed by atoms with Crippen LogP contribution in [0.25, 0.3) is 101 Å². The van der Waals surface area contributed by atoms with Crippen LogP contribution in [0.3, 0.4) is 0 Å². The van der Waals surface area contributed by atoms with Gasteiger partial charge >= 0.3 is 0 Å². The van der Waals surface area contributed by atoms with E-state index in [0.717, 1.165) is 89.2 Å². The number of benzene rings is 7. The molecule has 0 spiro atoms. The molecule has 0 saturated heterocycles. The third-order valence-electron chi connectivity index (χ3n) is 9.94. The maximum absolute atomic E-state index is 6.61. The Morgan fingerprint density at radius 1 is 0.291 bits per heavy atom. The standard InChI is InChI=1S/C50H32N4O/c1-5-16-33(17-6-1)43-31-45(53-49(51-43)35-20-9-3-10-21-35)37-28-29-38(40-25-15-26-41-39-24-13-14-27-47(39)55-48(40)41)42(30-37)46-32-44(34-18-7-2-8-19-34)52-50(54-46)36-22-11-4-12-23-36/h1-32H. The van der Waals surface area contributed by atoms with Crippen molar-refractivity contribution in [1.29, 1.82) is 0 Å². The van der Waals surface area contributed by atoms with Gasteiger partial charge in [0.2, 0.25) is 0 Å². The largest absolute Gasteiger partial charge is 0.455 e. The summed E-state index contributed by atoms with van der Waals surface area (Å²) in [6, 6.07) is 66.1. The number of aromatic nitrogens is 4. The lowest BCUT2D eigenvalue weighted by molar-refractivity contribution is 0.670. The fraction of sp³-hybridized carbons (Fsp3) is 0. The highest BCUT2D eigenvalue weighted by atomic mass is 16.3. The van der Waals surface area contributed by atoms with Gasteiger partial charge in [-0.05, 0) is 29.8 Å². The quantitative estimate of drug-likeness (QED) is 0.165. The highest BCUT2D eigenvalue weighted by molar-refractivity contribution is 6.10. The van der Waals surface area contributed by atoms with Crippen molar-refractivity contribution in [3.63, 3.8) is 0 Å². The van der Waals surface area contributed by atoms with E-state index in [2.05, 4.69) is 97.1 Å². The van der Waals surface area contributed by atoms with Crippen molar-refractivity contribution in [1.82, 2.24) is 19.9 Å². The Bertz CT molecular complexity index is 2850. The Labute approximate surface area is 318 Å². The van der Waals surface area contributed by atoms with E-state index < -0.39 is 0 Å². The van der Waals surface area contributed by atoms with E-state index in [1.807, 2.05) is 97.1 Å². The number of hydrogen-bond donors (Lipinski definition) is 0. The first kappa shape index (κ1) is 32.2. The van der Waals surface area contributed by atoms with E-state index in [1.54, 1.807) is 0 Å². The number of hydrogen-bond acceptors (Lipinski definition) is 5. The van der Waals surface area contributed by atoms with Crippen LogP contribution >= 0.6 is 0 Å². The SMILES string of the molecule is c1ccc(-c2cc(-c3ccc(-c4cccc5c4oc4ccccc45)c(-c4cc(-c5ccccc5)nc(-c5ccccc5)n4)c3)nc(-c3ccccc3)n2)cc1. The van der Waals surface area contributed by atoms with Crippen molar-refractivity contribution >= 4 is 21.9 Å². The van der Waals surface area contributed by atoms with Gasteiger partial charge < -0.3 is 4.42 Å². The molecule has 0 radical (unpaired) electrons. The van der Waals surface area contributed by atoms with E-state index in [0.29, 0.717) is 11.6 Å². The molecule has 0 N–H and O–H groups in total. The molecule has 0 atom stereocenters. The zero-order valence-electron chi connectivity index (χ0n) is 29.7. The third-order valence-corrected chi connectivity index (χ3v) is 9.94. The van der Waals surface area contributed by atoms with E-state index in [9.17, 15) is 0 Å². The average molecular weight is 705 g/mol. The van der Waals surface area contributed by atoms with E-state index >= 15 is 0 Å². The van der Waals surface area contributed by atoms with Crippen LogP contribution in [0.2, 0.25) is 0 Å². The number of rotatable bonds is 7. The summed E-state index contributed by atoms with van der Waals surface area (Å²) in [4.78, 5) is 20.6. The van der Waals surface area contributed by atoms with Gasteiger partial charge in [-0.25, -0.2) is 19.9 Å². The Morgan fingerprint density at radius 3 is 1.36 bits per heavy atom. The van der Waals surface area contributed by atoms with Crippen LogP contribution in [-0.2, 0) is 0 Å². The number of nitrogens with zero attached hydrogens (tertiary/aromatic N) is 4. The maximum Gasteiger partial charge on any atom is 0.160 e. The zero-order valence-corrected chi connectivity index (χ0v) is 29.7. The van der Waals surface area contributed by atoms with E-state index in [-0.39, 0.29) is 0 Å².